The van der Waals surface area contributed by atoms with E-state index in [0.29, 0.717) is 12.1 Å². The van der Waals surface area contributed by atoms with E-state index in [9.17, 15) is 18.0 Å². The minimum atomic E-state index is -3.99. The molecule has 0 saturated heterocycles. The molecule has 1 fully saturated rings. The Kier molecular flexibility index (Phi) is 9.95. The standard InChI is InChI=1S/C29H42N4O4S/c1-7-26(29(35)30-25-13-8-9-14-25)32(19-24-12-10-11-21(2)17-24)28(34)20-33(38(36,37)31(5)6)27-18-22(3)15-16-23(27)4/h10-12,15-18,25-26H,7-9,13-14,19-20H2,1-6H3,(H,30,35)/t26-/m1/s1. The SMILES string of the molecule is CC[C@H](C(=O)NC1CCCC1)N(Cc1cccc(C)c1)C(=O)CN(c1cc(C)ccc1C)S(=O)(=O)N(C)C. The Balaban J connectivity index is 2.00. The van der Waals surface area contributed by atoms with Crippen molar-refractivity contribution in [2.24, 2.45) is 0 Å². The first kappa shape index (κ1) is 29.6. The molecule has 1 aliphatic carbocycles. The molecular formula is C29H42N4O4S. The Morgan fingerprint density at radius 2 is 1.66 bits per heavy atom. The zero-order valence-electron chi connectivity index (χ0n) is 23.5. The molecule has 1 N–H and O–H groups in total. The number of anilines is 1. The first-order chi connectivity index (χ1) is 17.9. The molecule has 0 aromatic heterocycles. The average Bonchev–Trinajstić information content (AvgIpc) is 3.36. The molecule has 9 heteroatoms. The van der Waals surface area contributed by atoms with Gasteiger partial charge >= 0.3 is 10.2 Å². The lowest BCUT2D eigenvalue weighted by Gasteiger charge is -2.34. The van der Waals surface area contributed by atoms with Crippen molar-refractivity contribution < 1.29 is 18.0 Å². The minimum Gasteiger partial charge on any atom is -0.352 e. The monoisotopic (exact) mass is 542 g/mol. The van der Waals surface area contributed by atoms with Crippen molar-refractivity contribution >= 4 is 27.7 Å². The molecule has 0 unspecified atom stereocenters. The Morgan fingerprint density at radius 1 is 1.00 bits per heavy atom. The van der Waals surface area contributed by atoms with Crippen LogP contribution in [0.15, 0.2) is 42.5 Å². The number of amides is 2. The van der Waals surface area contributed by atoms with Gasteiger partial charge in [0.15, 0.2) is 0 Å². The molecule has 208 valence electrons. The van der Waals surface area contributed by atoms with E-state index >= 15 is 0 Å². The molecule has 2 aromatic rings. The fourth-order valence-corrected chi connectivity index (χ4v) is 6.10. The predicted octanol–water partition coefficient (Wildman–Crippen LogP) is 4.09. The Labute approximate surface area is 228 Å². The van der Waals surface area contributed by atoms with Crippen LogP contribution >= 0.6 is 0 Å². The third-order valence-corrected chi connectivity index (χ3v) is 8.98. The summed E-state index contributed by atoms with van der Waals surface area (Å²) in [6.45, 7) is 7.37. The van der Waals surface area contributed by atoms with Crippen molar-refractivity contribution in [1.29, 1.82) is 0 Å². The van der Waals surface area contributed by atoms with Gasteiger partial charge in [-0.05, 0) is 62.8 Å². The van der Waals surface area contributed by atoms with E-state index in [1.54, 1.807) is 11.0 Å². The molecule has 8 nitrogen and oxygen atoms in total. The average molecular weight is 543 g/mol. The number of hydrogen-bond acceptors (Lipinski definition) is 4. The van der Waals surface area contributed by atoms with E-state index in [2.05, 4.69) is 5.32 Å². The molecule has 3 rings (SSSR count). The van der Waals surface area contributed by atoms with Crippen LogP contribution in [0.25, 0.3) is 0 Å². The van der Waals surface area contributed by atoms with Crippen molar-refractivity contribution in [1.82, 2.24) is 14.5 Å². The zero-order chi connectivity index (χ0) is 28.0. The summed E-state index contributed by atoms with van der Waals surface area (Å²) in [6, 6.07) is 12.7. The molecule has 0 heterocycles. The number of carbonyl (C=O) groups excluding carboxylic acids is 2. The molecule has 0 bridgehead atoms. The molecule has 1 aliphatic rings. The second-order valence-corrected chi connectivity index (χ2v) is 12.6. The van der Waals surface area contributed by atoms with Gasteiger partial charge in [0.25, 0.3) is 0 Å². The summed E-state index contributed by atoms with van der Waals surface area (Å²) in [5.41, 5.74) is 4.01. The lowest BCUT2D eigenvalue weighted by Crippen LogP contribution is -2.54. The van der Waals surface area contributed by atoms with Gasteiger partial charge in [0, 0.05) is 26.7 Å². The predicted molar refractivity (Wildman–Crippen MR) is 152 cm³/mol. The molecule has 0 aliphatic heterocycles. The first-order valence-corrected chi connectivity index (χ1v) is 14.8. The molecule has 0 radical (unpaired) electrons. The Hall–Kier alpha value is -2.91. The van der Waals surface area contributed by atoms with E-state index in [-0.39, 0.29) is 18.5 Å². The highest BCUT2D eigenvalue weighted by atomic mass is 32.2. The highest BCUT2D eigenvalue weighted by Gasteiger charge is 2.35. The van der Waals surface area contributed by atoms with Gasteiger partial charge in [-0.2, -0.15) is 12.7 Å². The van der Waals surface area contributed by atoms with Gasteiger partial charge in [-0.25, -0.2) is 4.31 Å². The molecule has 0 spiro atoms. The maximum absolute atomic E-state index is 14.0. The van der Waals surface area contributed by atoms with Crippen LogP contribution in [0, 0.1) is 20.8 Å². The van der Waals surface area contributed by atoms with Gasteiger partial charge < -0.3 is 10.2 Å². The maximum atomic E-state index is 14.0. The summed E-state index contributed by atoms with van der Waals surface area (Å²) >= 11 is 0. The van der Waals surface area contributed by atoms with E-state index in [1.807, 2.05) is 64.1 Å². The van der Waals surface area contributed by atoms with E-state index in [0.717, 1.165) is 56.5 Å². The highest BCUT2D eigenvalue weighted by Crippen LogP contribution is 2.26. The van der Waals surface area contributed by atoms with Crippen LogP contribution in [0.2, 0.25) is 0 Å². The van der Waals surface area contributed by atoms with Gasteiger partial charge in [-0.1, -0.05) is 61.7 Å². The smallest absolute Gasteiger partial charge is 0.304 e. The fraction of sp³-hybridized carbons (Fsp3) is 0.517. The van der Waals surface area contributed by atoms with Crippen molar-refractivity contribution in [3.05, 3.63) is 64.7 Å². The second kappa shape index (κ2) is 12.8. The molecular weight excluding hydrogens is 500 g/mol. The summed E-state index contributed by atoms with van der Waals surface area (Å²) in [5, 5.41) is 3.14. The third kappa shape index (κ3) is 7.14. The van der Waals surface area contributed by atoms with Crippen LogP contribution in [0.4, 0.5) is 5.69 Å². The first-order valence-electron chi connectivity index (χ1n) is 13.4. The van der Waals surface area contributed by atoms with E-state index in [4.69, 9.17) is 0 Å². The number of hydrogen-bond donors (Lipinski definition) is 1. The number of aryl methyl sites for hydroxylation is 3. The van der Waals surface area contributed by atoms with Gasteiger partial charge in [-0.3, -0.25) is 9.59 Å². The van der Waals surface area contributed by atoms with Crippen LogP contribution in [0.1, 0.15) is 61.3 Å². The Bertz CT molecular complexity index is 1240. The van der Waals surface area contributed by atoms with Crippen LogP contribution in [-0.2, 0) is 26.3 Å². The highest BCUT2D eigenvalue weighted by molar-refractivity contribution is 7.90. The quantitative estimate of drug-likeness (QED) is 0.463. The van der Waals surface area contributed by atoms with Crippen LogP contribution < -0.4 is 9.62 Å². The molecule has 2 aromatic carbocycles. The summed E-state index contributed by atoms with van der Waals surface area (Å²) < 4.78 is 29.2. The number of nitrogens with zero attached hydrogens (tertiary/aromatic N) is 3. The Morgan fingerprint density at radius 3 is 2.26 bits per heavy atom. The van der Waals surface area contributed by atoms with Crippen molar-refractivity contribution in [3.8, 4) is 0 Å². The second-order valence-electron chi connectivity index (χ2n) is 10.5. The molecule has 1 atom stereocenters. The molecule has 1 saturated carbocycles. The number of benzene rings is 2. The lowest BCUT2D eigenvalue weighted by atomic mass is 10.1. The number of carbonyl (C=O) groups is 2. The van der Waals surface area contributed by atoms with Crippen LogP contribution in [0.5, 0.6) is 0 Å². The van der Waals surface area contributed by atoms with Gasteiger partial charge in [0.05, 0.1) is 5.69 Å². The fourth-order valence-electron chi connectivity index (χ4n) is 4.98. The summed E-state index contributed by atoms with van der Waals surface area (Å²) in [5.74, 6) is -0.611. The van der Waals surface area contributed by atoms with Crippen LogP contribution in [0.3, 0.4) is 0 Å². The summed E-state index contributed by atoms with van der Waals surface area (Å²) in [7, 11) is -1.09. The van der Waals surface area contributed by atoms with Crippen LogP contribution in [-0.4, -0.2) is 62.2 Å². The summed E-state index contributed by atoms with van der Waals surface area (Å²) in [6.07, 6.45) is 4.47. The molecule has 2 amide bonds. The van der Waals surface area contributed by atoms with Crippen molar-refractivity contribution in [3.63, 3.8) is 0 Å². The van der Waals surface area contributed by atoms with E-state index < -0.39 is 28.7 Å². The topological polar surface area (TPSA) is 90.0 Å². The number of nitrogens with one attached hydrogen (secondary N) is 1. The lowest BCUT2D eigenvalue weighted by molar-refractivity contribution is -0.140. The normalized spacial score (nSPS) is 14.9. The summed E-state index contributed by atoms with van der Waals surface area (Å²) in [4.78, 5) is 29.0. The van der Waals surface area contributed by atoms with Crippen molar-refractivity contribution in [2.45, 2.75) is 78.4 Å². The zero-order valence-corrected chi connectivity index (χ0v) is 24.3. The van der Waals surface area contributed by atoms with Gasteiger partial charge in [-0.15, -0.1) is 0 Å². The maximum Gasteiger partial charge on any atom is 0.304 e. The van der Waals surface area contributed by atoms with E-state index in [1.165, 1.54) is 14.1 Å². The van der Waals surface area contributed by atoms with Gasteiger partial charge in [0.2, 0.25) is 11.8 Å². The van der Waals surface area contributed by atoms with Crippen molar-refractivity contribution in [2.75, 3.05) is 24.9 Å². The third-order valence-electron chi connectivity index (χ3n) is 7.18. The van der Waals surface area contributed by atoms with Gasteiger partial charge in [0.1, 0.15) is 12.6 Å². The number of rotatable bonds is 11. The minimum absolute atomic E-state index is 0.119. The molecule has 38 heavy (non-hydrogen) atoms. The largest absolute Gasteiger partial charge is 0.352 e.